The van der Waals surface area contributed by atoms with Gasteiger partial charge in [-0.15, -0.1) is 0 Å². The van der Waals surface area contributed by atoms with E-state index in [1.807, 2.05) is 39.0 Å². The van der Waals surface area contributed by atoms with Gasteiger partial charge in [0, 0.05) is 27.7 Å². The maximum Gasteiger partial charge on any atom is 0.243 e. The van der Waals surface area contributed by atoms with Crippen LogP contribution in [0.15, 0.2) is 42.5 Å². The fraction of sp³-hybridized carbons (Fsp3) is 0.391. The van der Waals surface area contributed by atoms with E-state index in [1.54, 1.807) is 29.2 Å². The molecule has 1 N–H and O–H groups in total. The SMILES string of the molecule is CC[C@H](C)NC(=O)[C@H](CC)N(Cc1ccccc1Cl)C(=O)Cc1c(Cl)cccc1Cl. The molecular formula is C23H27Cl3N2O2. The standard InChI is InChI=1S/C23H27Cl3N2O2/c1-4-15(3)27-23(30)21(5-2)28(14-16-9-6-7-10-18(16)24)22(29)13-17-19(25)11-8-12-20(17)26/h6-12,15,21H,4-5,13-14H2,1-3H3,(H,27,30)/t15-,21-/m0/s1. The van der Waals surface area contributed by atoms with E-state index < -0.39 is 6.04 Å². The molecule has 2 atom stereocenters. The summed E-state index contributed by atoms with van der Waals surface area (Å²) >= 11 is 18.9. The Labute approximate surface area is 193 Å². The predicted molar refractivity (Wildman–Crippen MR) is 124 cm³/mol. The van der Waals surface area contributed by atoms with Gasteiger partial charge in [-0.05, 0) is 49.1 Å². The number of rotatable bonds is 9. The number of nitrogens with one attached hydrogen (secondary N) is 1. The minimum Gasteiger partial charge on any atom is -0.352 e. The van der Waals surface area contributed by atoms with Crippen LogP contribution in [0.5, 0.6) is 0 Å². The molecule has 0 saturated carbocycles. The zero-order valence-electron chi connectivity index (χ0n) is 17.4. The van der Waals surface area contributed by atoms with Gasteiger partial charge < -0.3 is 10.2 Å². The van der Waals surface area contributed by atoms with Gasteiger partial charge >= 0.3 is 0 Å². The summed E-state index contributed by atoms with van der Waals surface area (Å²) in [7, 11) is 0. The smallest absolute Gasteiger partial charge is 0.243 e. The molecule has 0 radical (unpaired) electrons. The Kier molecular flexibility index (Phi) is 9.47. The third-order valence-electron chi connectivity index (χ3n) is 5.08. The van der Waals surface area contributed by atoms with Crippen LogP contribution in [0.4, 0.5) is 0 Å². The normalized spacial score (nSPS) is 12.9. The highest BCUT2D eigenvalue weighted by atomic mass is 35.5. The highest BCUT2D eigenvalue weighted by Gasteiger charge is 2.30. The summed E-state index contributed by atoms with van der Waals surface area (Å²) in [5.74, 6) is -0.423. The molecule has 0 bridgehead atoms. The first-order chi connectivity index (χ1) is 14.3. The zero-order chi connectivity index (χ0) is 22.3. The topological polar surface area (TPSA) is 49.4 Å². The van der Waals surface area contributed by atoms with Crippen LogP contribution in [0.1, 0.15) is 44.7 Å². The van der Waals surface area contributed by atoms with E-state index in [1.165, 1.54) is 0 Å². The van der Waals surface area contributed by atoms with Gasteiger partial charge in [0.2, 0.25) is 11.8 Å². The number of hydrogen-bond donors (Lipinski definition) is 1. The van der Waals surface area contributed by atoms with Gasteiger partial charge in [0.15, 0.2) is 0 Å². The number of carbonyl (C=O) groups excluding carboxylic acids is 2. The number of nitrogens with zero attached hydrogens (tertiary/aromatic N) is 1. The van der Waals surface area contributed by atoms with Crippen LogP contribution in [0.2, 0.25) is 15.1 Å². The van der Waals surface area contributed by atoms with Gasteiger partial charge in [0.1, 0.15) is 6.04 Å². The van der Waals surface area contributed by atoms with E-state index in [0.29, 0.717) is 27.1 Å². The molecule has 0 aliphatic heterocycles. The Morgan fingerprint density at radius 1 is 0.933 bits per heavy atom. The van der Waals surface area contributed by atoms with Crippen LogP contribution >= 0.6 is 34.8 Å². The molecule has 0 aromatic heterocycles. The Morgan fingerprint density at radius 2 is 1.53 bits per heavy atom. The highest BCUT2D eigenvalue weighted by molar-refractivity contribution is 6.36. The summed E-state index contributed by atoms with van der Waals surface area (Å²) in [6, 6.07) is 11.8. The van der Waals surface area contributed by atoms with Gasteiger partial charge in [0.05, 0.1) is 6.42 Å². The highest BCUT2D eigenvalue weighted by Crippen LogP contribution is 2.27. The van der Waals surface area contributed by atoms with Crippen molar-refractivity contribution in [2.24, 2.45) is 0 Å². The van der Waals surface area contributed by atoms with Crippen molar-refractivity contribution in [3.05, 3.63) is 68.7 Å². The minimum absolute atomic E-state index is 0.00390. The Balaban J connectivity index is 2.37. The molecule has 0 unspecified atom stereocenters. The second kappa shape index (κ2) is 11.6. The molecule has 0 fully saturated rings. The van der Waals surface area contributed by atoms with E-state index in [0.717, 1.165) is 12.0 Å². The van der Waals surface area contributed by atoms with Crippen LogP contribution in [0.3, 0.4) is 0 Å². The Morgan fingerprint density at radius 3 is 2.10 bits per heavy atom. The second-order valence-electron chi connectivity index (χ2n) is 7.23. The van der Waals surface area contributed by atoms with Crippen LogP contribution in [-0.2, 0) is 22.6 Å². The first-order valence-electron chi connectivity index (χ1n) is 10.0. The van der Waals surface area contributed by atoms with E-state index in [9.17, 15) is 9.59 Å². The molecule has 2 aromatic carbocycles. The molecule has 0 aliphatic carbocycles. The number of amides is 2. The average Bonchev–Trinajstić information content (AvgIpc) is 2.71. The largest absolute Gasteiger partial charge is 0.352 e. The molecule has 2 amide bonds. The van der Waals surface area contributed by atoms with Crippen LogP contribution < -0.4 is 5.32 Å². The summed E-state index contributed by atoms with van der Waals surface area (Å²) in [5, 5.41) is 4.37. The molecule has 30 heavy (non-hydrogen) atoms. The van der Waals surface area contributed by atoms with E-state index in [2.05, 4.69) is 5.32 Å². The molecule has 4 nitrogen and oxygen atoms in total. The van der Waals surface area contributed by atoms with Crippen molar-refractivity contribution in [2.45, 2.75) is 58.7 Å². The molecule has 162 valence electrons. The van der Waals surface area contributed by atoms with E-state index >= 15 is 0 Å². The third kappa shape index (κ3) is 6.37. The minimum atomic E-state index is -0.635. The van der Waals surface area contributed by atoms with Gasteiger partial charge in [-0.25, -0.2) is 0 Å². The molecular weight excluding hydrogens is 443 g/mol. The molecule has 0 spiro atoms. The van der Waals surface area contributed by atoms with Crippen molar-refractivity contribution in [1.29, 1.82) is 0 Å². The van der Waals surface area contributed by atoms with Crippen molar-refractivity contribution in [3.8, 4) is 0 Å². The molecule has 2 aromatic rings. The van der Waals surface area contributed by atoms with Gasteiger partial charge in [-0.1, -0.05) is 72.9 Å². The molecule has 2 rings (SSSR count). The predicted octanol–water partition coefficient (Wildman–Crippen LogP) is 5.91. The van der Waals surface area contributed by atoms with Gasteiger partial charge in [-0.2, -0.15) is 0 Å². The molecule has 0 aliphatic rings. The lowest BCUT2D eigenvalue weighted by Gasteiger charge is -2.32. The fourth-order valence-corrected chi connectivity index (χ4v) is 3.85. The Bertz CT molecular complexity index is 868. The summed E-state index contributed by atoms with van der Waals surface area (Å²) in [6.07, 6.45) is 1.26. The number of halogens is 3. The number of benzene rings is 2. The number of carbonyl (C=O) groups is 2. The molecule has 0 heterocycles. The van der Waals surface area contributed by atoms with Crippen molar-refractivity contribution < 1.29 is 9.59 Å². The van der Waals surface area contributed by atoms with Gasteiger partial charge in [-0.3, -0.25) is 9.59 Å². The number of hydrogen-bond acceptors (Lipinski definition) is 2. The lowest BCUT2D eigenvalue weighted by Crippen LogP contribution is -2.51. The van der Waals surface area contributed by atoms with Crippen molar-refractivity contribution >= 4 is 46.6 Å². The molecule has 7 heteroatoms. The summed E-state index contributed by atoms with van der Waals surface area (Å²) < 4.78 is 0. The van der Waals surface area contributed by atoms with Crippen molar-refractivity contribution in [1.82, 2.24) is 10.2 Å². The summed E-state index contributed by atoms with van der Waals surface area (Å²) in [5.41, 5.74) is 1.32. The summed E-state index contributed by atoms with van der Waals surface area (Å²) in [6.45, 7) is 6.04. The van der Waals surface area contributed by atoms with Crippen LogP contribution in [0.25, 0.3) is 0 Å². The average molecular weight is 470 g/mol. The Hall–Kier alpha value is -1.75. The maximum atomic E-state index is 13.4. The molecule has 0 saturated heterocycles. The first-order valence-corrected chi connectivity index (χ1v) is 11.2. The van der Waals surface area contributed by atoms with Crippen LogP contribution in [0, 0.1) is 0 Å². The first kappa shape index (κ1) is 24.5. The maximum absolute atomic E-state index is 13.4. The quantitative estimate of drug-likeness (QED) is 0.496. The summed E-state index contributed by atoms with van der Waals surface area (Å²) in [4.78, 5) is 27.9. The van der Waals surface area contributed by atoms with Crippen molar-refractivity contribution in [3.63, 3.8) is 0 Å². The monoisotopic (exact) mass is 468 g/mol. The lowest BCUT2D eigenvalue weighted by molar-refractivity contribution is -0.141. The van der Waals surface area contributed by atoms with Gasteiger partial charge in [0.25, 0.3) is 0 Å². The second-order valence-corrected chi connectivity index (χ2v) is 8.45. The zero-order valence-corrected chi connectivity index (χ0v) is 19.7. The third-order valence-corrected chi connectivity index (χ3v) is 6.15. The van der Waals surface area contributed by atoms with E-state index in [4.69, 9.17) is 34.8 Å². The fourth-order valence-electron chi connectivity index (χ4n) is 3.12. The van der Waals surface area contributed by atoms with Crippen LogP contribution in [-0.4, -0.2) is 28.8 Å². The lowest BCUT2D eigenvalue weighted by atomic mass is 10.1. The van der Waals surface area contributed by atoms with E-state index in [-0.39, 0.29) is 30.8 Å². The van der Waals surface area contributed by atoms with Crippen molar-refractivity contribution in [2.75, 3.05) is 0 Å².